The average molecular weight is 541 g/mol. The van der Waals surface area contributed by atoms with Crippen molar-refractivity contribution in [3.8, 4) is 0 Å². The zero-order valence-corrected chi connectivity index (χ0v) is 24.6. The Kier molecular flexibility index (Phi) is 12.9. The quantitative estimate of drug-likeness (QED) is 0.126. The van der Waals surface area contributed by atoms with E-state index in [4.69, 9.17) is 18.6 Å². The zero-order chi connectivity index (χ0) is 28.0. The molecule has 0 unspecified atom stereocenters. The molecule has 0 radical (unpaired) electrons. The minimum atomic E-state index is -2.66. The first-order valence-electron chi connectivity index (χ1n) is 13.4. The van der Waals surface area contributed by atoms with E-state index in [0.29, 0.717) is 26.1 Å². The largest absolute Gasteiger partial charge is 0.463 e. The van der Waals surface area contributed by atoms with Crippen molar-refractivity contribution in [3.05, 3.63) is 73.3 Å². The van der Waals surface area contributed by atoms with Gasteiger partial charge in [0.15, 0.2) is 0 Å². The van der Waals surface area contributed by atoms with Crippen molar-refractivity contribution < 1.29 is 28.2 Å². The molecule has 2 aromatic rings. The van der Waals surface area contributed by atoms with Crippen LogP contribution in [0.5, 0.6) is 0 Å². The van der Waals surface area contributed by atoms with E-state index in [0.717, 1.165) is 12.8 Å². The maximum Gasteiger partial charge on any atom is 0.302 e. The summed E-state index contributed by atoms with van der Waals surface area (Å²) < 4.78 is 23.9. The molecule has 0 bridgehead atoms. The number of ether oxygens (including phenoxy) is 3. The predicted octanol–water partition coefficient (Wildman–Crippen LogP) is 5.19. The van der Waals surface area contributed by atoms with Crippen LogP contribution < -0.4 is 10.4 Å². The molecule has 7 heteroatoms. The highest BCUT2D eigenvalue weighted by Crippen LogP contribution is 2.36. The molecule has 0 aromatic heterocycles. The molecule has 38 heavy (non-hydrogen) atoms. The average Bonchev–Trinajstić information content (AvgIpc) is 2.87. The summed E-state index contributed by atoms with van der Waals surface area (Å²) in [4.78, 5) is 23.4. The van der Waals surface area contributed by atoms with Crippen LogP contribution in [0.15, 0.2) is 73.3 Å². The molecule has 0 spiro atoms. The van der Waals surface area contributed by atoms with Crippen LogP contribution in [-0.2, 0) is 28.2 Å². The van der Waals surface area contributed by atoms with Crippen LogP contribution in [0, 0.1) is 0 Å². The molecule has 0 aliphatic rings. The number of hydrogen-bond donors (Lipinski definition) is 0. The summed E-state index contributed by atoms with van der Waals surface area (Å²) >= 11 is 0. The fraction of sp³-hybridized carbons (Fsp3) is 0.484. The summed E-state index contributed by atoms with van der Waals surface area (Å²) in [6.45, 7) is 14.2. The highest BCUT2D eigenvalue weighted by atomic mass is 28.4. The summed E-state index contributed by atoms with van der Waals surface area (Å²) in [6, 6.07) is 21.0. The summed E-state index contributed by atoms with van der Waals surface area (Å²) in [5.41, 5.74) is 0. The van der Waals surface area contributed by atoms with Crippen LogP contribution in [0.3, 0.4) is 0 Å². The van der Waals surface area contributed by atoms with Crippen molar-refractivity contribution in [3.63, 3.8) is 0 Å². The van der Waals surface area contributed by atoms with Crippen LogP contribution in [0.1, 0.15) is 60.3 Å². The van der Waals surface area contributed by atoms with Crippen molar-refractivity contribution in [2.75, 3.05) is 19.8 Å². The Morgan fingerprint density at radius 1 is 0.868 bits per heavy atom. The van der Waals surface area contributed by atoms with Gasteiger partial charge in [-0.2, -0.15) is 0 Å². The second kappa shape index (κ2) is 15.6. The number of allylic oxidation sites excluding steroid dienone is 1. The summed E-state index contributed by atoms with van der Waals surface area (Å²) in [6.07, 6.45) is 3.48. The highest BCUT2D eigenvalue weighted by molar-refractivity contribution is 6.99. The highest BCUT2D eigenvalue weighted by Gasteiger charge is 2.50. The minimum absolute atomic E-state index is 0.0247. The first kappa shape index (κ1) is 31.5. The second-order valence-corrected chi connectivity index (χ2v) is 14.8. The molecule has 6 nitrogen and oxygen atoms in total. The number of hydrogen-bond acceptors (Lipinski definition) is 6. The van der Waals surface area contributed by atoms with Crippen LogP contribution in [0.25, 0.3) is 0 Å². The Balaban J connectivity index is 2.24. The van der Waals surface area contributed by atoms with Crippen molar-refractivity contribution in [1.82, 2.24) is 0 Å². The molecule has 0 fully saturated rings. The van der Waals surface area contributed by atoms with E-state index in [2.05, 4.69) is 75.9 Å². The van der Waals surface area contributed by atoms with Gasteiger partial charge in [0.1, 0.15) is 18.8 Å². The Bertz CT molecular complexity index is 947. The van der Waals surface area contributed by atoms with Gasteiger partial charge >= 0.3 is 11.9 Å². The Labute approximate surface area is 229 Å². The third-order valence-corrected chi connectivity index (χ3v) is 11.5. The number of benzene rings is 2. The van der Waals surface area contributed by atoms with Gasteiger partial charge in [-0.15, -0.1) is 6.58 Å². The van der Waals surface area contributed by atoms with Gasteiger partial charge in [0.25, 0.3) is 8.32 Å². The standard InChI is InChI=1S/C31H44O6Si/c1-7-8-15-22-34-30(24-35-25(2)32)29(37-26(3)33)21-16-23-36-38(31(4,5)6,27-17-11-9-12-18-27)28-19-13-10-14-20-28/h7,9-14,17-20,29-30H,1,8,15-16,21-24H2,2-6H3/t29-,30-/m1/s1. The van der Waals surface area contributed by atoms with E-state index in [1.807, 2.05) is 18.2 Å². The Morgan fingerprint density at radius 2 is 1.45 bits per heavy atom. The van der Waals surface area contributed by atoms with Crippen LogP contribution in [-0.4, -0.2) is 52.3 Å². The molecular formula is C31H44O6Si. The van der Waals surface area contributed by atoms with Gasteiger partial charge in [-0.3, -0.25) is 9.59 Å². The molecule has 208 valence electrons. The van der Waals surface area contributed by atoms with Crippen LogP contribution in [0.2, 0.25) is 5.04 Å². The van der Waals surface area contributed by atoms with Crippen LogP contribution in [0.4, 0.5) is 0 Å². The summed E-state index contributed by atoms with van der Waals surface area (Å²) in [7, 11) is -2.66. The molecule has 0 heterocycles. The van der Waals surface area contributed by atoms with Crippen molar-refractivity contribution >= 4 is 30.6 Å². The monoisotopic (exact) mass is 540 g/mol. The first-order chi connectivity index (χ1) is 18.1. The number of unbranched alkanes of at least 4 members (excludes halogenated alkanes) is 1. The second-order valence-electron chi connectivity index (χ2n) is 10.4. The molecule has 2 aromatic carbocycles. The van der Waals surface area contributed by atoms with Crippen molar-refractivity contribution in [1.29, 1.82) is 0 Å². The maximum absolute atomic E-state index is 11.9. The molecule has 2 rings (SSSR count). The van der Waals surface area contributed by atoms with Gasteiger partial charge in [-0.25, -0.2) is 0 Å². The van der Waals surface area contributed by atoms with E-state index in [1.54, 1.807) is 0 Å². The molecule has 0 saturated heterocycles. The third-order valence-electron chi connectivity index (χ3n) is 6.44. The van der Waals surface area contributed by atoms with Crippen molar-refractivity contribution in [2.24, 2.45) is 0 Å². The number of rotatable bonds is 16. The Hall–Kier alpha value is -2.74. The SMILES string of the molecule is C=CCCCO[C@H](COC(C)=O)[C@@H](CCCO[Si](c1ccccc1)(c1ccccc1)C(C)(C)C)OC(C)=O. The lowest BCUT2D eigenvalue weighted by atomic mass is 10.1. The van der Waals surface area contributed by atoms with E-state index < -0.39 is 32.5 Å². The molecule has 0 aliphatic carbocycles. The number of esters is 2. The fourth-order valence-corrected chi connectivity index (χ4v) is 9.34. The molecule has 0 aliphatic heterocycles. The van der Waals surface area contributed by atoms with Crippen molar-refractivity contribution in [2.45, 2.75) is 77.5 Å². The molecule has 2 atom stereocenters. The lowest BCUT2D eigenvalue weighted by Gasteiger charge is -2.43. The maximum atomic E-state index is 11.9. The summed E-state index contributed by atoms with van der Waals surface area (Å²) in [5, 5.41) is 2.30. The molecule has 0 N–H and O–H groups in total. The van der Waals surface area contributed by atoms with E-state index in [-0.39, 0.29) is 11.6 Å². The predicted molar refractivity (Wildman–Crippen MR) is 154 cm³/mol. The number of carbonyl (C=O) groups excluding carboxylic acids is 2. The number of carbonyl (C=O) groups is 2. The van der Waals surface area contributed by atoms with E-state index >= 15 is 0 Å². The molecule has 0 saturated carbocycles. The van der Waals surface area contributed by atoms with E-state index in [1.165, 1.54) is 24.2 Å². The lowest BCUT2D eigenvalue weighted by molar-refractivity contribution is -0.163. The zero-order valence-electron chi connectivity index (χ0n) is 23.6. The minimum Gasteiger partial charge on any atom is -0.463 e. The van der Waals surface area contributed by atoms with Gasteiger partial charge in [-0.05, 0) is 41.1 Å². The third kappa shape index (κ3) is 9.22. The van der Waals surface area contributed by atoms with Crippen LogP contribution >= 0.6 is 0 Å². The topological polar surface area (TPSA) is 71.1 Å². The van der Waals surface area contributed by atoms with Gasteiger partial charge in [0, 0.05) is 27.1 Å². The van der Waals surface area contributed by atoms with Gasteiger partial charge in [-0.1, -0.05) is 87.5 Å². The smallest absolute Gasteiger partial charge is 0.302 e. The van der Waals surface area contributed by atoms with Gasteiger partial charge in [0.05, 0.1) is 0 Å². The van der Waals surface area contributed by atoms with Gasteiger partial charge < -0.3 is 18.6 Å². The normalized spacial score (nSPS) is 13.4. The van der Waals surface area contributed by atoms with E-state index in [9.17, 15) is 9.59 Å². The Morgan fingerprint density at radius 3 is 1.92 bits per heavy atom. The lowest BCUT2D eigenvalue weighted by Crippen LogP contribution is -2.66. The first-order valence-corrected chi connectivity index (χ1v) is 15.3. The summed E-state index contributed by atoms with van der Waals surface area (Å²) in [5.74, 6) is -0.799. The van der Waals surface area contributed by atoms with Gasteiger partial charge in [0.2, 0.25) is 0 Å². The molecular weight excluding hydrogens is 496 g/mol. The fourth-order valence-electron chi connectivity index (χ4n) is 4.73. The molecule has 0 amide bonds.